The van der Waals surface area contributed by atoms with Gasteiger partial charge in [0.25, 0.3) is 0 Å². The lowest BCUT2D eigenvalue weighted by atomic mass is 9.75. The number of fused-ring (bicyclic) bond motifs is 6. The van der Waals surface area contributed by atoms with Crippen LogP contribution < -0.4 is 20.4 Å². The predicted octanol–water partition coefficient (Wildman–Crippen LogP) is 4.54. The maximum atomic E-state index is 13.1. The monoisotopic (exact) mass is 407 g/mol. The van der Waals surface area contributed by atoms with Crippen LogP contribution in [0.2, 0.25) is 0 Å². The van der Waals surface area contributed by atoms with Crippen molar-refractivity contribution in [3.05, 3.63) is 82.0 Å². The molecular weight excluding hydrogens is 389 g/mol. The fourth-order valence-corrected chi connectivity index (χ4v) is 4.32. The van der Waals surface area contributed by atoms with E-state index in [2.05, 4.69) is 4.94 Å². The molecule has 6 nitrogen and oxygen atoms in total. The Balaban J connectivity index is 1.87. The molecule has 1 fully saturated rings. The molecule has 1 spiro atoms. The third-order valence-corrected chi connectivity index (χ3v) is 5.74. The second kappa shape index (κ2) is 6.47. The first-order valence-electron chi connectivity index (χ1n) is 9.44. The van der Waals surface area contributed by atoms with Gasteiger partial charge in [-0.3, -0.25) is 4.94 Å². The average molecular weight is 407 g/mol. The van der Waals surface area contributed by atoms with E-state index in [9.17, 15) is 9.32 Å². The predicted molar refractivity (Wildman–Crippen MR) is 106 cm³/mol. The zero-order chi connectivity index (χ0) is 21.0. The fraction of sp³-hybridized carbons (Fsp3) is 0.174. The van der Waals surface area contributed by atoms with E-state index in [-0.39, 0.29) is 5.75 Å². The lowest BCUT2D eigenvalue weighted by Gasteiger charge is -2.37. The van der Waals surface area contributed by atoms with Gasteiger partial charge < -0.3 is 14.3 Å². The number of ether oxygens (including phenoxy) is 2. The third-order valence-electron chi connectivity index (χ3n) is 5.74. The first kappa shape index (κ1) is 18.4. The quantitative estimate of drug-likeness (QED) is 0.582. The summed E-state index contributed by atoms with van der Waals surface area (Å²) in [5.74, 6) is 6.11. The van der Waals surface area contributed by atoms with Crippen LogP contribution in [-0.4, -0.2) is 5.97 Å². The van der Waals surface area contributed by atoms with Crippen molar-refractivity contribution >= 4 is 5.97 Å². The first-order valence-corrected chi connectivity index (χ1v) is 9.44. The molecule has 0 bridgehead atoms. The van der Waals surface area contributed by atoms with Crippen molar-refractivity contribution in [3.63, 3.8) is 0 Å². The summed E-state index contributed by atoms with van der Waals surface area (Å²) in [7, 11) is 0. The van der Waals surface area contributed by atoms with Crippen LogP contribution in [0.1, 0.15) is 28.7 Å². The van der Waals surface area contributed by atoms with Crippen LogP contribution in [0.4, 0.5) is 4.53 Å². The van der Waals surface area contributed by atoms with Crippen LogP contribution in [0.25, 0.3) is 0 Å². The topological polar surface area (TPSA) is 80.0 Å². The van der Waals surface area contributed by atoms with E-state index in [0.717, 1.165) is 11.1 Å². The molecule has 1 unspecified atom stereocenters. The van der Waals surface area contributed by atoms with Crippen molar-refractivity contribution in [3.8, 4) is 23.0 Å². The molecule has 7 heteroatoms. The van der Waals surface area contributed by atoms with Gasteiger partial charge in [-0.15, -0.1) is 0 Å². The van der Waals surface area contributed by atoms with E-state index in [1.807, 2.05) is 31.2 Å². The maximum Gasteiger partial charge on any atom is 0.340 e. The summed E-state index contributed by atoms with van der Waals surface area (Å²) in [6, 6.07) is 6.65. The zero-order valence-electron chi connectivity index (χ0n) is 16.3. The molecule has 2 N–H and O–H groups in total. The highest BCUT2D eigenvalue weighted by molar-refractivity contribution is 6.00. The van der Waals surface area contributed by atoms with Gasteiger partial charge in [0.1, 0.15) is 11.5 Å². The molecule has 2 aromatic carbocycles. The molecule has 2 aromatic rings. The van der Waals surface area contributed by atoms with Crippen LogP contribution in [0.5, 0.6) is 23.0 Å². The lowest BCUT2D eigenvalue weighted by molar-refractivity contribution is -0.143. The Labute approximate surface area is 171 Å². The highest BCUT2D eigenvalue weighted by Gasteiger charge is 2.56. The van der Waals surface area contributed by atoms with E-state index in [1.54, 1.807) is 25.1 Å². The largest absolute Gasteiger partial charge is 0.456 e. The van der Waals surface area contributed by atoms with Crippen molar-refractivity contribution in [2.75, 3.05) is 0 Å². The van der Waals surface area contributed by atoms with Gasteiger partial charge in [0.2, 0.25) is 0 Å². The summed E-state index contributed by atoms with van der Waals surface area (Å²) in [4.78, 5) is 21.9. The Morgan fingerprint density at radius 3 is 2.40 bits per heavy atom. The van der Waals surface area contributed by atoms with Gasteiger partial charge in [0.15, 0.2) is 17.1 Å². The molecule has 1 aliphatic carbocycles. The normalized spacial score (nSPS) is 20.9. The number of hydrogen-bond acceptors (Lipinski definition) is 6. The summed E-state index contributed by atoms with van der Waals surface area (Å²) in [5, 5.41) is 0. The van der Waals surface area contributed by atoms with Gasteiger partial charge in [-0.1, -0.05) is 18.2 Å². The van der Waals surface area contributed by atoms with Crippen LogP contribution in [0.15, 0.2) is 59.7 Å². The molecule has 0 radical (unpaired) electrons. The van der Waals surface area contributed by atoms with Crippen molar-refractivity contribution in [2.24, 2.45) is 5.90 Å². The second-order valence-electron chi connectivity index (χ2n) is 7.46. The average Bonchev–Trinajstić information content (AvgIpc) is 2.89. The standard InChI is InChI=1S/C23H18FNO5/c1-12-8-16-20(10-18(12)29-24)27-21-11-19(30-25)13(2)9-17(21)23(16)15-7-5-3-4-6-14(15)22(26)28-23/h3-4,6-11H,5,25H2,1-2H3. The molecule has 5 rings (SSSR count). The van der Waals surface area contributed by atoms with Crippen LogP contribution in [0, 0.1) is 13.8 Å². The van der Waals surface area contributed by atoms with Crippen molar-refractivity contribution in [1.82, 2.24) is 0 Å². The molecule has 2 heterocycles. The van der Waals surface area contributed by atoms with Gasteiger partial charge >= 0.3 is 5.97 Å². The Hall–Kier alpha value is -3.58. The minimum absolute atomic E-state index is 0.0198. The van der Waals surface area contributed by atoms with Gasteiger partial charge in [-0.05, 0) is 49.6 Å². The molecule has 2 aliphatic heterocycles. The highest BCUT2D eigenvalue weighted by atomic mass is 19.3. The molecule has 30 heavy (non-hydrogen) atoms. The van der Waals surface area contributed by atoms with E-state index in [1.165, 1.54) is 6.07 Å². The smallest absolute Gasteiger partial charge is 0.340 e. The van der Waals surface area contributed by atoms with Gasteiger partial charge in [-0.25, -0.2) is 4.79 Å². The number of rotatable bonds is 2. The molecular formula is C23H18FNO5. The number of aryl methyl sites for hydroxylation is 2. The van der Waals surface area contributed by atoms with Crippen LogP contribution >= 0.6 is 0 Å². The fourth-order valence-electron chi connectivity index (χ4n) is 4.32. The minimum Gasteiger partial charge on any atom is -0.456 e. The Kier molecular flexibility index (Phi) is 3.98. The highest BCUT2D eigenvalue weighted by Crippen LogP contribution is 2.59. The molecule has 1 atom stereocenters. The third kappa shape index (κ3) is 2.35. The summed E-state index contributed by atoms with van der Waals surface area (Å²) in [5.41, 5.74) is 2.49. The number of hydrogen-bond donors (Lipinski definition) is 1. The Bertz CT molecular complexity index is 1140. The van der Waals surface area contributed by atoms with Gasteiger partial charge in [0, 0.05) is 33.4 Å². The SMILES string of the molecule is Cc1cc2c(cc1ON)Oc1cc(OF)c(C)cc1C21OC(=O)C2=CC=CCC=C21. The number of nitrogens with two attached hydrogens (primary N) is 1. The van der Waals surface area contributed by atoms with Crippen molar-refractivity contribution in [1.29, 1.82) is 0 Å². The number of esters is 1. The summed E-state index contributed by atoms with van der Waals surface area (Å²) >= 11 is 0. The second-order valence-corrected chi connectivity index (χ2v) is 7.46. The zero-order valence-corrected chi connectivity index (χ0v) is 16.3. The number of benzene rings is 2. The molecule has 152 valence electrons. The number of halogens is 1. The maximum absolute atomic E-state index is 13.1. The van der Waals surface area contributed by atoms with E-state index >= 15 is 0 Å². The number of carbonyl (C=O) groups is 1. The van der Waals surface area contributed by atoms with E-state index < -0.39 is 11.6 Å². The van der Waals surface area contributed by atoms with Gasteiger partial charge in [0.05, 0.1) is 5.57 Å². The van der Waals surface area contributed by atoms with Crippen LogP contribution in [0.3, 0.4) is 0 Å². The Morgan fingerprint density at radius 2 is 1.73 bits per heavy atom. The number of allylic oxidation sites excluding steroid dienone is 4. The van der Waals surface area contributed by atoms with Crippen molar-refractivity contribution in [2.45, 2.75) is 25.9 Å². The van der Waals surface area contributed by atoms with Crippen LogP contribution in [-0.2, 0) is 15.1 Å². The van der Waals surface area contributed by atoms with E-state index in [4.69, 9.17) is 20.2 Å². The lowest BCUT2D eigenvalue weighted by Crippen LogP contribution is -2.33. The molecule has 3 aliphatic rings. The molecule has 0 saturated carbocycles. The molecule has 1 saturated heterocycles. The minimum atomic E-state index is -1.24. The van der Waals surface area contributed by atoms with Gasteiger partial charge in [-0.2, -0.15) is 5.90 Å². The molecule has 0 amide bonds. The summed E-state index contributed by atoms with van der Waals surface area (Å²) < 4.78 is 25.2. The van der Waals surface area contributed by atoms with Crippen molar-refractivity contribution < 1.29 is 28.6 Å². The summed E-state index contributed by atoms with van der Waals surface area (Å²) in [6.45, 7) is 3.55. The van der Waals surface area contributed by atoms with E-state index in [0.29, 0.717) is 45.9 Å². The Morgan fingerprint density at radius 1 is 1.07 bits per heavy atom. The molecule has 0 aromatic heterocycles. The number of carbonyl (C=O) groups excluding carboxylic acids is 1. The summed E-state index contributed by atoms with van der Waals surface area (Å²) in [6.07, 6.45) is 8.15. The first-order chi connectivity index (χ1) is 14.5.